The van der Waals surface area contributed by atoms with Gasteiger partial charge in [-0.2, -0.15) is 0 Å². The molecular weight excluding hydrogens is 288 g/mol. The number of rotatable bonds is 4. The lowest BCUT2D eigenvalue weighted by Gasteiger charge is -2.08. The number of hydrogen-bond acceptors (Lipinski definition) is 3. The van der Waals surface area contributed by atoms with Crippen LogP contribution < -0.4 is 9.47 Å². The fourth-order valence-electron chi connectivity index (χ4n) is 2.25. The SMILES string of the molecule is COc1ccc(OC)c(-c2cn3ccc(CCl)cc3n2)c1. The predicted molar refractivity (Wildman–Crippen MR) is 83.3 cm³/mol. The van der Waals surface area contributed by atoms with E-state index in [1.165, 1.54) is 0 Å². The molecule has 4 nitrogen and oxygen atoms in total. The standard InChI is InChI=1S/C16H15ClN2O2/c1-20-12-3-4-15(21-2)13(8-12)14-10-19-6-5-11(9-17)7-16(19)18-14/h3-8,10H,9H2,1-2H3. The quantitative estimate of drug-likeness (QED) is 0.688. The second-order valence-electron chi connectivity index (χ2n) is 4.63. The zero-order valence-electron chi connectivity index (χ0n) is 11.8. The van der Waals surface area contributed by atoms with Crippen molar-refractivity contribution < 1.29 is 9.47 Å². The minimum absolute atomic E-state index is 0.473. The number of ether oxygens (including phenoxy) is 2. The van der Waals surface area contributed by atoms with Gasteiger partial charge in [-0.05, 0) is 35.9 Å². The highest BCUT2D eigenvalue weighted by Crippen LogP contribution is 2.33. The molecule has 0 bridgehead atoms. The van der Waals surface area contributed by atoms with Gasteiger partial charge in [-0.1, -0.05) is 0 Å². The van der Waals surface area contributed by atoms with Crippen molar-refractivity contribution in [1.29, 1.82) is 0 Å². The summed E-state index contributed by atoms with van der Waals surface area (Å²) in [5.74, 6) is 2.00. The highest BCUT2D eigenvalue weighted by Gasteiger charge is 2.11. The molecule has 0 fully saturated rings. The Kier molecular flexibility index (Phi) is 3.71. The van der Waals surface area contributed by atoms with E-state index in [-0.39, 0.29) is 0 Å². The second-order valence-corrected chi connectivity index (χ2v) is 4.89. The first-order valence-corrected chi connectivity index (χ1v) is 7.04. The van der Waals surface area contributed by atoms with E-state index in [4.69, 9.17) is 21.1 Å². The predicted octanol–water partition coefficient (Wildman–Crippen LogP) is 3.76. The van der Waals surface area contributed by atoms with Gasteiger partial charge < -0.3 is 13.9 Å². The lowest BCUT2D eigenvalue weighted by atomic mass is 10.1. The van der Waals surface area contributed by atoms with Crippen LogP contribution in [0.2, 0.25) is 0 Å². The van der Waals surface area contributed by atoms with E-state index in [1.54, 1.807) is 14.2 Å². The fraction of sp³-hybridized carbons (Fsp3) is 0.188. The number of fused-ring (bicyclic) bond motifs is 1. The molecular formula is C16H15ClN2O2. The molecule has 0 spiro atoms. The van der Waals surface area contributed by atoms with E-state index in [9.17, 15) is 0 Å². The van der Waals surface area contributed by atoms with Crippen molar-refractivity contribution in [3.8, 4) is 22.8 Å². The van der Waals surface area contributed by atoms with Crippen molar-refractivity contribution in [1.82, 2.24) is 9.38 Å². The first-order chi connectivity index (χ1) is 10.2. The summed E-state index contributed by atoms with van der Waals surface area (Å²) in [5.41, 5.74) is 3.62. The lowest BCUT2D eigenvalue weighted by molar-refractivity contribution is 0.404. The van der Waals surface area contributed by atoms with Crippen molar-refractivity contribution in [2.75, 3.05) is 14.2 Å². The van der Waals surface area contributed by atoms with Gasteiger partial charge in [0.15, 0.2) is 0 Å². The molecule has 0 saturated carbocycles. The molecule has 3 aromatic rings. The summed E-state index contributed by atoms with van der Waals surface area (Å²) >= 11 is 5.86. The van der Waals surface area contributed by atoms with E-state index in [0.29, 0.717) is 5.88 Å². The maximum atomic E-state index is 5.86. The maximum Gasteiger partial charge on any atom is 0.137 e. The van der Waals surface area contributed by atoms with E-state index in [2.05, 4.69) is 4.98 Å². The average Bonchev–Trinajstić information content (AvgIpc) is 2.96. The summed E-state index contributed by atoms with van der Waals surface area (Å²) in [5, 5.41) is 0. The lowest BCUT2D eigenvalue weighted by Crippen LogP contribution is -1.90. The van der Waals surface area contributed by atoms with Gasteiger partial charge in [-0.25, -0.2) is 4.98 Å². The van der Waals surface area contributed by atoms with Gasteiger partial charge in [0.1, 0.15) is 17.1 Å². The molecule has 0 aliphatic heterocycles. The smallest absolute Gasteiger partial charge is 0.137 e. The van der Waals surface area contributed by atoms with Crippen LogP contribution in [-0.4, -0.2) is 23.6 Å². The summed E-state index contributed by atoms with van der Waals surface area (Å²) in [6.45, 7) is 0. The van der Waals surface area contributed by atoms with Gasteiger partial charge in [0.05, 0.1) is 19.9 Å². The molecule has 3 rings (SSSR count). The topological polar surface area (TPSA) is 35.8 Å². The normalized spacial score (nSPS) is 10.8. The maximum absolute atomic E-state index is 5.86. The number of alkyl halides is 1. The Morgan fingerprint density at radius 3 is 2.71 bits per heavy atom. The molecule has 0 radical (unpaired) electrons. The molecule has 0 N–H and O–H groups in total. The van der Waals surface area contributed by atoms with Gasteiger partial charge in [-0.15, -0.1) is 11.6 Å². The van der Waals surface area contributed by atoms with Crippen LogP contribution in [0.25, 0.3) is 16.9 Å². The third-order valence-corrected chi connectivity index (χ3v) is 3.67. The molecule has 0 atom stereocenters. The number of nitrogens with zero attached hydrogens (tertiary/aromatic N) is 2. The Labute approximate surface area is 127 Å². The highest BCUT2D eigenvalue weighted by molar-refractivity contribution is 6.17. The van der Waals surface area contributed by atoms with E-state index >= 15 is 0 Å². The first kappa shape index (κ1) is 13.8. The van der Waals surface area contributed by atoms with Crippen LogP contribution in [-0.2, 0) is 5.88 Å². The molecule has 108 valence electrons. The van der Waals surface area contributed by atoms with E-state index in [1.807, 2.05) is 47.1 Å². The van der Waals surface area contributed by atoms with Crippen LogP contribution in [0.15, 0.2) is 42.7 Å². The fourth-order valence-corrected chi connectivity index (χ4v) is 2.42. The number of hydrogen-bond donors (Lipinski definition) is 0. The highest BCUT2D eigenvalue weighted by atomic mass is 35.5. The summed E-state index contributed by atoms with van der Waals surface area (Å²) in [4.78, 5) is 4.64. The number of benzene rings is 1. The number of imidazole rings is 1. The van der Waals surface area contributed by atoms with Crippen LogP contribution >= 0.6 is 11.6 Å². The molecule has 0 saturated heterocycles. The monoisotopic (exact) mass is 302 g/mol. The summed E-state index contributed by atoms with van der Waals surface area (Å²) in [6.07, 6.45) is 3.92. The van der Waals surface area contributed by atoms with Gasteiger partial charge >= 0.3 is 0 Å². The Morgan fingerprint density at radius 2 is 2.00 bits per heavy atom. The van der Waals surface area contributed by atoms with Crippen molar-refractivity contribution in [2.24, 2.45) is 0 Å². The second kappa shape index (κ2) is 5.66. The minimum atomic E-state index is 0.473. The molecule has 1 aromatic carbocycles. The summed E-state index contributed by atoms with van der Waals surface area (Å²) in [6, 6.07) is 9.62. The minimum Gasteiger partial charge on any atom is -0.497 e. The molecule has 2 heterocycles. The Morgan fingerprint density at radius 1 is 1.14 bits per heavy atom. The van der Waals surface area contributed by atoms with Gasteiger partial charge in [0.25, 0.3) is 0 Å². The third-order valence-electron chi connectivity index (χ3n) is 3.36. The average molecular weight is 303 g/mol. The van der Waals surface area contributed by atoms with Crippen molar-refractivity contribution >= 4 is 17.2 Å². The Bertz CT molecular complexity index is 783. The van der Waals surface area contributed by atoms with Crippen LogP contribution in [0.3, 0.4) is 0 Å². The van der Waals surface area contributed by atoms with E-state index < -0.39 is 0 Å². The first-order valence-electron chi connectivity index (χ1n) is 6.51. The van der Waals surface area contributed by atoms with Gasteiger partial charge in [-0.3, -0.25) is 0 Å². The zero-order valence-corrected chi connectivity index (χ0v) is 12.6. The molecule has 0 amide bonds. The number of halogens is 1. The summed E-state index contributed by atoms with van der Waals surface area (Å²) < 4.78 is 12.7. The third kappa shape index (κ3) is 2.54. The molecule has 0 aliphatic carbocycles. The summed E-state index contributed by atoms with van der Waals surface area (Å²) in [7, 11) is 3.29. The van der Waals surface area contributed by atoms with Crippen LogP contribution in [0.5, 0.6) is 11.5 Å². The number of pyridine rings is 1. The van der Waals surface area contributed by atoms with Gasteiger partial charge in [0.2, 0.25) is 0 Å². The van der Waals surface area contributed by atoms with Gasteiger partial charge in [0, 0.05) is 23.8 Å². The van der Waals surface area contributed by atoms with Crippen molar-refractivity contribution in [3.63, 3.8) is 0 Å². The Hall–Kier alpha value is -2.20. The van der Waals surface area contributed by atoms with Crippen molar-refractivity contribution in [3.05, 3.63) is 48.3 Å². The Balaban J connectivity index is 2.15. The largest absolute Gasteiger partial charge is 0.497 e. The van der Waals surface area contributed by atoms with Crippen LogP contribution in [0.1, 0.15) is 5.56 Å². The molecule has 0 unspecified atom stereocenters. The molecule has 0 aliphatic rings. The van der Waals surface area contributed by atoms with Crippen molar-refractivity contribution in [2.45, 2.75) is 5.88 Å². The molecule has 5 heteroatoms. The number of aromatic nitrogens is 2. The van der Waals surface area contributed by atoms with Crippen LogP contribution in [0.4, 0.5) is 0 Å². The number of methoxy groups -OCH3 is 2. The molecule has 2 aromatic heterocycles. The zero-order chi connectivity index (χ0) is 14.8. The van der Waals surface area contributed by atoms with E-state index in [0.717, 1.165) is 34.0 Å². The van der Waals surface area contributed by atoms with Crippen LogP contribution in [0, 0.1) is 0 Å². The molecule has 21 heavy (non-hydrogen) atoms.